The van der Waals surface area contributed by atoms with E-state index in [4.69, 9.17) is 0 Å². The molecule has 1 aliphatic rings. The molecule has 0 spiro atoms. The standard InChI is InChI=1S/C10H13N.C3H8/c1-2-5-9(6-3-1)10-7-4-8-11-10;1-3-2/h1-3,5-6,10-11H,4,7-8H2;3H2,1-2H3/t10-;/m1./s1. The van der Waals surface area contributed by atoms with E-state index in [9.17, 15) is 0 Å². The molecule has 0 unspecified atom stereocenters. The molecule has 0 aliphatic carbocycles. The zero-order chi connectivity index (χ0) is 10.2. The highest BCUT2D eigenvalue weighted by molar-refractivity contribution is 5.19. The van der Waals surface area contributed by atoms with E-state index in [-0.39, 0.29) is 0 Å². The van der Waals surface area contributed by atoms with Crippen LogP contribution in [0.25, 0.3) is 0 Å². The van der Waals surface area contributed by atoms with E-state index in [1.165, 1.54) is 31.4 Å². The summed E-state index contributed by atoms with van der Waals surface area (Å²) in [6.45, 7) is 5.43. The SMILES string of the molecule is CCC.c1ccc([C@H]2CCCN2)cc1. The molecule has 1 aromatic carbocycles. The van der Waals surface area contributed by atoms with Gasteiger partial charge in [-0.1, -0.05) is 50.6 Å². The second kappa shape index (κ2) is 6.61. The van der Waals surface area contributed by atoms with Crippen molar-refractivity contribution in [1.29, 1.82) is 0 Å². The molecule has 0 radical (unpaired) electrons. The molecular weight excluding hydrogens is 170 g/mol. The highest BCUT2D eigenvalue weighted by Crippen LogP contribution is 2.21. The minimum absolute atomic E-state index is 0.621. The summed E-state index contributed by atoms with van der Waals surface area (Å²) in [5.41, 5.74) is 1.44. The fourth-order valence-electron chi connectivity index (χ4n) is 1.65. The summed E-state index contributed by atoms with van der Waals surface area (Å²) < 4.78 is 0. The van der Waals surface area contributed by atoms with Gasteiger partial charge in [-0.15, -0.1) is 0 Å². The van der Waals surface area contributed by atoms with Gasteiger partial charge in [0.2, 0.25) is 0 Å². The molecule has 1 saturated heterocycles. The Hall–Kier alpha value is -0.820. The van der Waals surface area contributed by atoms with Gasteiger partial charge in [0.15, 0.2) is 0 Å². The third-order valence-corrected chi connectivity index (χ3v) is 2.26. The maximum absolute atomic E-state index is 3.47. The zero-order valence-corrected chi connectivity index (χ0v) is 9.29. The first-order valence-corrected chi connectivity index (χ1v) is 5.66. The van der Waals surface area contributed by atoms with Crippen LogP contribution in [0.4, 0.5) is 0 Å². The van der Waals surface area contributed by atoms with Crippen molar-refractivity contribution in [2.45, 2.75) is 39.2 Å². The molecule has 1 fully saturated rings. The van der Waals surface area contributed by atoms with E-state index in [1.807, 2.05) is 0 Å². The maximum atomic E-state index is 3.47. The first kappa shape index (κ1) is 11.3. The van der Waals surface area contributed by atoms with Crippen LogP contribution in [0.5, 0.6) is 0 Å². The number of hydrogen-bond donors (Lipinski definition) is 1. The first-order valence-electron chi connectivity index (χ1n) is 5.66. The molecule has 78 valence electrons. The molecule has 0 amide bonds. The highest BCUT2D eigenvalue weighted by Gasteiger charge is 2.14. The summed E-state index contributed by atoms with van der Waals surface area (Å²) in [5.74, 6) is 0. The number of benzene rings is 1. The van der Waals surface area contributed by atoms with Gasteiger partial charge in [0, 0.05) is 6.04 Å². The van der Waals surface area contributed by atoms with Gasteiger partial charge in [0.1, 0.15) is 0 Å². The van der Waals surface area contributed by atoms with Crippen molar-refractivity contribution in [3.63, 3.8) is 0 Å². The van der Waals surface area contributed by atoms with Crippen LogP contribution < -0.4 is 5.32 Å². The second-order valence-corrected chi connectivity index (χ2v) is 3.77. The molecule has 1 atom stereocenters. The molecule has 1 aliphatic heterocycles. The summed E-state index contributed by atoms with van der Waals surface area (Å²) in [7, 11) is 0. The van der Waals surface area contributed by atoms with Gasteiger partial charge in [-0.2, -0.15) is 0 Å². The summed E-state index contributed by atoms with van der Waals surface area (Å²) in [4.78, 5) is 0. The monoisotopic (exact) mass is 191 g/mol. The quantitative estimate of drug-likeness (QED) is 0.716. The van der Waals surface area contributed by atoms with Crippen LogP contribution in [0.15, 0.2) is 30.3 Å². The Labute approximate surface area is 87.5 Å². The Balaban J connectivity index is 0.000000293. The lowest BCUT2D eigenvalue weighted by molar-refractivity contribution is 0.648. The van der Waals surface area contributed by atoms with E-state index in [2.05, 4.69) is 49.5 Å². The van der Waals surface area contributed by atoms with Crippen LogP contribution in [0, 0.1) is 0 Å². The van der Waals surface area contributed by atoms with E-state index in [0.29, 0.717) is 6.04 Å². The smallest absolute Gasteiger partial charge is 0.0320 e. The van der Waals surface area contributed by atoms with Crippen molar-refractivity contribution in [2.75, 3.05) is 6.54 Å². The van der Waals surface area contributed by atoms with Crippen molar-refractivity contribution >= 4 is 0 Å². The molecular formula is C13H21N. The lowest BCUT2D eigenvalue weighted by Crippen LogP contribution is -2.12. The van der Waals surface area contributed by atoms with E-state index in [1.54, 1.807) is 0 Å². The summed E-state index contributed by atoms with van der Waals surface area (Å²) >= 11 is 0. The van der Waals surface area contributed by atoms with Gasteiger partial charge in [-0.3, -0.25) is 0 Å². The third-order valence-electron chi connectivity index (χ3n) is 2.26. The Bertz CT molecular complexity index is 224. The van der Waals surface area contributed by atoms with Crippen LogP contribution in [0.1, 0.15) is 44.7 Å². The molecule has 14 heavy (non-hydrogen) atoms. The van der Waals surface area contributed by atoms with Gasteiger partial charge >= 0.3 is 0 Å². The average molecular weight is 191 g/mol. The van der Waals surface area contributed by atoms with Gasteiger partial charge in [-0.25, -0.2) is 0 Å². The fraction of sp³-hybridized carbons (Fsp3) is 0.538. The van der Waals surface area contributed by atoms with E-state index < -0.39 is 0 Å². The Kier molecular flexibility index (Phi) is 5.31. The van der Waals surface area contributed by atoms with Crippen molar-refractivity contribution < 1.29 is 0 Å². The zero-order valence-electron chi connectivity index (χ0n) is 9.29. The molecule has 1 N–H and O–H groups in total. The Morgan fingerprint density at radius 1 is 1.21 bits per heavy atom. The summed E-state index contributed by atoms with van der Waals surface area (Å²) in [6.07, 6.45) is 3.86. The third kappa shape index (κ3) is 3.51. The van der Waals surface area contributed by atoms with Crippen LogP contribution in [-0.2, 0) is 0 Å². The van der Waals surface area contributed by atoms with Crippen LogP contribution in [-0.4, -0.2) is 6.54 Å². The first-order chi connectivity index (χ1) is 6.88. The van der Waals surface area contributed by atoms with E-state index >= 15 is 0 Å². The average Bonchev–Trinajstić information content (AvgIpc) is 2.73. The topological polar surface area (TPSA) is 12.0 Å². The molecule has 0 bridgehead atoms. The van der Waals surface area contributed by atoms with Gasteiger partial charge < -0.3 is 5.32 Å². The minimum Gasteiger partial charge on any atom is -0.310 e. The van der Waals surface area contributed by atoms with E-state index in [0.717, 1.165) is 0 Å². The molecule has 0 saturated carbocycles. The predicted octanol–water partition coefficient (Wildman–Crippen LogP) is 3.53. The van der Waals surface area contributed by atoms with Crippen molar-refractivity contribution in [3.05, 3.63) is 35.9 Å². The van der Waals surface area contributed by atoms with Crippen molar-refractivity contribution in [3.8, 4) is 0 Å². The lowest BCUT2D eigenvalue weighted by Gasteiger charge is -2.08. The maximum Gasteiger partial charge on any atom is 0.0320 e. The number of rotatable bonds is 1. The van der Waals surface area contributed by atoms with Gasteiger partial charge in [0.05, 0.1) is 0 Å². The molecule has 0 aromatic heterocycles. The largest absolute Gasteiger partial charge is 0.310 e. The fourth-order valence-corrected chi connectivity index (χ4v) is 1.65. The van der Waals surface area contributed by atoms with Crippen molar-refractivity contribution in [1.82, 2.24) is 5.32 Å². The lowest BCUT2D eigenvalue weighted by atomic mass is 10.1. The number of hydrogen-bond acceptors (Lipinski definition) is 1. The highest BCUT2D eigenvalue weighted by atomic mass is 14.9. The van der Waals surface area contributed by atoms with Gasteiger partial charge in [0.25, 0.3) is 0 Å². The Morgan fingerprint density at radius 2 is 1.86 bits per heavy atom. The minimum atomic E-state index is 0.621. The van der Waals surface area contributed by atoms with Crippen LogP contribution in [0.3, 0.4) is 0 Å². The second-order valence-electron chi connectivity index (χ2n) is 3.77. The summed E-state index contributed by atoms with van der Waals surface area (Å²) in [6, 6.07) is 11.3. The predicted molar refractivity (Wildman–Crippen MR) is 62.4 cm³/mol. The molecule has 2 rings (SSSR count). The normalized spacial score (nSPS) is 20.0. The van der Waals surface area contributed by atoms with Crippen molar-refractivity contribution in [2.24, 2.45) is 0 Å². The molecule has 1 heteroatoms. The number of nitrogens with one attached hydrogen (secondary N) is 1. The molecule has 1 heterocycles. The van der Waals surface area contributed by atoms with Crippen LogP contribution in [0.2, 0.25) is 0 Å². The summed E-state index contributed by atoms with van der Waals surface area (Å²) in [5, 5.41) is 3.47. The Morgan fingerprint density at radius 3 is 2.36 bits per heavy atom. The molecule has 1 nitrogen and oxygen atoms in total. The van der Waals surface area contributed by atoms with Gasteiger partial charge in [-0.05, 0) is 24.9 Å². The molecule has 1 aromatic rings. The van der Waals surface area contributed by atoms with Crippen LogP contribution >= 0.6 is 0 Å².